The summed E-state index contributed by atoms with van der Waals surface area (Å²) in [7, 11) is 3.24. The molecule has 0 saturated carbocycles. The Balaban J connectivity index is 1.91. The molecule has 0 saturated heterocycles. The summed E-state index contributed by atoms with van der Waals surface area (Å²) in [4.78, 5) is 0. The number of methoxy groups -OCH3 is 2. The molecule has 2 aromatic rings. The molecule has 0 aliphatic rings. The Kier molecular flexibility index (Phi) is 6.58. The van der Waals surface area contributed by atoms with E-state index in [-0.39, 0.29) is 11.9 Å². The number of aliphatic hydroxyl groups excluding tert-OH is 1. The van der Waals surface area contributed by atoms with E-state index in [4.69, 9.17) is 9.47 Å². The van der Waals surface area contributed by atoms with E-state index in [1.165, 1.54) is 12.1 Å². The van der Waals surface area contributed by atoms with Gasteiger partial charge in [-0.3, -0.25) is 0 Å². The predicted octanol–water partition coefficient (Wildman–Crippen LogP) is 3.44. The van der Waals surface area contributed by atoms with Crippen LogP contribution in [0.5, 0.6) is 11.5 Å². The van der Waals surface area contributed by atoms with Gasteiger partial charge in [-0.15, -0.1) is 0 Å². The van der Waals surface area contributed by atoms with Gasteiger partial charge in [0.2, 0.25) is 0 Å². The Morgan fingerprint density at radius 2 is 1.79 bits per heavy atom. The molecule has 0 spiro atoms. The standard InChI is InChI=1S/C19H24FNO3/c1-13(10-18(22)14-4-7-16(20)8-5-14)21-12-15-6-9-17(23-2)11-19(15)24-3/h4-9,11,13,18,21-22H,10,12H2,1-3H3. The molecule has 130 valence electrons. The maximum absolute atomic E-state index is 12.9. The number of benzene rings is 2. The Morgan fingerprint density at radius 1 is 1.08 bits per heavy atom. The van der Waals surface area contributed by atoms with E-state index >= 15 is 0 Å². The summed E-state index contributed by atoms with van der Waals surface area (Å²) in [5.41, 5.74) is 1.73. The average molecular weight is 333 g/mol. The fourth-order valence-corrected chi connectivity index (χ4v) is 2.52. The van der Waals surface area contributed by atoms with Crippen LogP contribution in [0.3, 0.4) is 0 Å². The van der Waals surface area contributed by atoms with Gasteiger partial charge < -0.3 is 19.9 Å². The highest BCUT2D eigenvalue weighted by molar-refractivity contribution is 5.40. The maximum atomic E-state index is 12.9. The van der Waals surface area contributed by atoms with Crippen molar-refractivity contribution in [2.75, 3.05) is 14.2 Å². The highest BCUT2D eigenvalue weighted by Gasteiger charge is 2.13. The van der Waals surface area contributed by atoms with Crippen molar-refractivity contribution < 1.29 is 19.0 Å². The maximum Gasteiger partial charge on any atom is 0.127 e. The van der Waals surface area contributed by atoms with Crippen LogP contribution in [0, 0.1) is 5.82 Å². The molecule has 0 fully saturated rings. The van der Waals surface area contributed by atoms with Crippen LogP contribution in [0.4, 0.5) is 4.39 Å². The largest absolute Gasteiger partial charge is 0.497 e. The summed E-state index contributed by atoms with van der Waals surface area (Å²) < 4.78 is 23.5. The van der Waals surface area contributed by atoms with Crippen LogP contribution in [0.1, 0.15) is 30.6 Å². The van der Waals surface area contributed by atoms with Crippen LogP contribution in [-0.2, 0) is 6.54 Å². The molecule has 4 nitrogen and oxygen atoms in total. The van der Waals surface area contributed by atoms with Gasteiger partial charge >= 0.3 is 0 Å². The average Bonchev–Trinajstić information content (AvgIpc) is 2.60. The lowest BCUT2D eigenvalue weighted by atomic mass is 10.0. The lowest BCUT2D eigenvalue weighted by molar-refractivity contribution is 0.153. The molecule has 2 atom stereocenters. The third-order valence-electron chi connectivity index (χ3n) is 3.97. The number of hydrogen-bond acceptors (Lipinski definition) is 4. The number of rotatable bonds is 8. The van der Waals surface area contributed by atoms with Gasteiger partial charge in [-0.2, -0.15) is 0 Å². The van der Waals surface area contributed by atoms with Gasteiger partial charge in [0.15, 0.2) is 0 Å². The van der Waals surface area contributed by atoms with E-state index < -0.39 is 6.10 Å². The Labute approximate surface area is 142 Å². The second-order valence-corrected chi connectivity index (χ2v) is 5.76. The summed E-state index contributed by atoms with van der Waals surface area (Å²) >= 11 is 0. The first-order valence-corrected chi connectivity index (χ1v) is 7.91. The molecule has 2 rings (SSSR count). The molecule has 0 heterocycles. The van der Waals surface area contributed by atoms with Crippen LogP contribution in [-0.4, -0.2) is 25.4 Å². The van der Waals surface area contributed by atoms with E-state index in [2.05, 4.69) is 5.32 Å². The van der Waals surface area contributed by atoms with Gasteiger partial charge in [-0.1, -0.05) is 18.2 Å². The second-order valence-electron chi connectivity index (χ2n) is 5.76. The lowest BCUT2D eigenvalue weighted by Gasteiger charge is -2.19. The van der Waals surface area contributed by atoms with Gasteiger partial charge in [0.05, 0.1) is 20.3 Å². The van der Waals surface area contributed by atoms with Crippen LogP contribution >= 0.6 is 0 Å². The monoisotopic (exact) mass is 333 g/mol. The zero-order valence-electron chi connectivity index (χ0n) is 14.3. The second kappa shape index (κ2) is 8.66. The number of aliphatic hydroxyl groups is 1. The smallest absolute Gasteiger partial charge is 0.127 e. The normalized spacial score (nSPS) is 13.4. The first-order chi connectivity index (χ1) is 11.5. The van der Waals surface area contributed by atoms with Crippen LogP contribution < -0.4 is 14.8 Å². The van der Waals surface area contributed by atoms with E-state index in [9.17, 15) is 9.50 Å². The van der Waals surface area contributed by atoms with Crippen LogP contribution in [0.25, 0.3) is 0 Å². The molecule has 2 unspecified atom stereocenters. The summed E-state index contributed by atoms with van der Waals surface area (Å²) in [5.74, 6) is 1.20. The van der Waals surface area contributed by atoms with E-state index in [0.29, 0.717) is 18.5 Å². The van der Waals surface area contributed by atoms with Crippen molar-refractivity contribution in [3.05, 3.63) is 59.4 Å². The minimum absolute atomic E-state index is 0.0804. The third kappa shape index (κ3) is 4.94. The van der Waals surface area contributed by atoms with Gasteiger partial charge in [0, 0.05) is 24.2 Å². The summed E-state index contributed by atoms with van der Waals surface area (Å²) in [6, 6.07) is 11.7. The summed E-state index contributed by atoms with van der Waals surface area (Å²) in [6.07, 6.45) is -0.102. The molecule has 24 heavy (non-hydrogen) atoms. The van der Waals surface area contributed by atoms with Gasteiger partial charge in [0.1, 0.15) is 17.3 Å². The fourth-order valence-electron chi connectivity index (χ4n) is 2.52. The molecule has 0 aromatic heterocycles. The highest BCUT2D eigenvalue weighted by Crippen LogP contribution is 2.25. The first kappa shape index (κ1) is 18.2. The quantitative estimate of drug-likeness (QED) is 0.777. The third-order valence-corrected chi connectivity index (χ3v) is 3.97. The van der Waals surface area contributed by atoms with Crippen molar-refractivity contribution >= 4 is 0 Å². The molecule has 2 N–H and O–H groups in total. The molecule has 2 aromatic carbocycles. The molecule has 0 aliphatic heterocycles. The molecule has 0 bridgehead atoms. The lowest BCUT2D eigenvalue weighted by Crippen LogP contribution is -2.27. The zero-order valence-corrected chi connectivity index (χ0v) is 14.3. The predicted molar refractivity (Wildman–Crippen MR) is 91.8 cm³/mol. The van der Waals surface area contributed by atoms with Crippen LogP contribution in [0.2, 0.25) is 0 Å². The van der Waals surface area contributed by atoms with E-state index in [0.717, 1.165) is 17.1 Å². The van der Waals surface area contributed by atoms with E-state index in [1.807, 2.05) is 25.1 Å². The van der Waals surface area contributed by atoms with Gasteiger partial charge in [0.25, 0.3) is 0 Å². The van der Waals surface area contributed by atoms with Crippen molar-refractivity contribution in [3.63, 3.8) is 0 Å². The highest BCUT2D eigenvalue weighted by atomic mass is 19.1. The molecule has 0 radical (unpaired) electrons. The minimum atomic E-state index is -0.633. The molecule has 0 aliphatic carbocycles. The van der Waals surface area contributed by atoms with Crippen molar-refractivity contribution in [2.24, 2.45) is 0 Å². The minimum Gasteiger partial charge on any atom is -0.497 e. The number of hydrogen-bond donors (Lipinski definition) is 2. The number of ether oxygens (including phenoxy) is 2. The molecular formula is C19H24FNO3. The molecule has 5 heteroatoms. The van der Waals surface area contributed by atoms with Crippen molar-refractivity contribution in [1.29, 1.82) is 0 Å². The Bertz CT molecular complexity index is 646. The van der Waals surface area contributed by atoms with Crippen molar-refractivity contribution in [3.8, 4) is 11.5 Å². The molecule has 0 amide bonds. The zero-order chi connectivity index (χ0) is 17.5. The number of nitrogens with one attached hydrogen (secondary N) is 1. The summed E-state index contributed by atoms with van der Waals surface area (Å²) in [6.45, 7) is 2.62. The Morgan fingerprint density at radius 3 is 2.42 bits per heavy atom. The van der Waals surface area contributed by atoms with Gasteiger partial charge in [-0.05, 0) is 37.1 Å². The van der Waals surface area contributed by atoms with E-state index in [1.54, 1.807) is 26.4 Å². The fraction of sp³-hybridized carbons (Fsp3) is 0.368. The SMILES string of the molecule is COc1ccc(CNC(C)CC(O)c2ccc(F)cc2)c(OC)c1. The first-order valence-electron chi connectivity index (χ1n) is 7.91. The Hall–Kier alpha value is -2.11. The van der Waals surface area contributed by atoms with Gasteiger partial charge in [-0.25, -0.2) is 4.39 Å². The number of halogens is 1. The van der Waals surface area contributed by atoms with Crippen molar-refractivity contribution in [1.82, 2.24) is 5.32 Å². The molecular weight excluding hydrogens is 309 g/mol. The van der Waals surface area contributed by atoms with Crippen LogP contribution in [0.15, 0.2) is 42.5 Å². The topological polar surface area (TPSA) is 50.7 Å². The van der Waals surface area contributed by atoms with Crippen molar-refractivity contribution in [2.45, 2.75) is 32.0 Å². The summed E-state index contributed by atoms with van der Waals surface area (Å²) in [5, 5.41) is 13.6.